The van der Waals surface area contributed by atoms with Crippen LogP contribution in [-0.4, -0.2) is 19.7 Å². The average molecular weight is 288 g/mol. The Morgan fingerprint density at radius 1 is 0.955 bits per heavy atom. The van der Waals surface area contributed by atoms with E-state index in [9.17, 15) is 0 Å². The van der Waals surface area contributed by atoms with Gasteiger partial charge in [0.15, 0.2) is 11.6 Å². The minimum atomic E-state index is 0.748. The van der Waals surface area contributed by atoms with Crippen LogP contribution >= 0.6 is 0 Å². The third kappa shape index (κ3) is 1.92. The number of fused-ring (bicyclic) bond motifs is 1. The van der Waals surface area contributed by atoms with Crippen molar-refractivity contribution in [1.29, 1.82) is 0 Å². The largest absolute Gasteiger partial charge is 0.360 e. The Bertz CT molecular complexity index is 962. The molecule has 0 amide bonds. The highest BCUT2D eigenvalue weighted by atomic mass is 15.3. The van der Waals surface area contributed by atoms with E-state index in [0.29, 0.717) is 0 Å². The molecule has 0 atom stereocenters. The van der Waals surface area contributed by atoms with Gasteiger partial charge in [0, 0.05) is 35.3 Å². The zero-order valence-corrected chi connectivity index (χ0v) is 12.5. The molecule has 4 heteroatoms. The van der Waals surface area contributed by atoms with Gasteiger partial charge in [-0.3, -0.25) is 0 Å². The van der Waals surface area contributed by atoms with Gasteiger partial charge in [-0.1, -0.05) is 42.5 Å². The van der Waals surface area contributed by atoms with Crippen molar-refractivity contribution in [2.24, 2.45) is 7.05 Å². The summed E-state index contributed by atoms with van der Waals surface area (Å²) >= 11 is 0. The highest BCUT2D eigenvalue weighted by Gasteiger charge is 2.15. The third-order valence-electron chi connectivity index (χ3n) is 3.98. The standard InChI is InChI=1S/C18H16N4/c1-12-7-3-4-8-13(12)18-20-17(21-22(18)2)15-11-19-16-10-6-5-9-14(15)16/h3-11,19H,1-2H3. The number of hydrogen-bond acceptors (Lipinski definition) is 2. The molecule has 0 fully saturated rings. The van der Waals surface area contributed by atoms with Crippen LogP contribution in [0.4, 0.5) is 0 Å². The van der Waals surface area contributed by atoms with E-state index in [4.69, 9.17) is 4.98 Å². The van der Waals surface area contributed by atoms with Crippen molar-refractivity contribution in [3.05, 3.63) is 60.3 Å². The van der Waals surface area contributed by atoms with E-state index in [1.54, 1.807) is 0 Å². The van der Waals surface area contributed by atoms with Crippen molar-refractivity contribution < 1.29 is 0 Å². The second-order valence-electron chi connectivity index (χ2n) is 5.45. The lowest BCUT2D eigenvalue weighted by Gasteiger charge is -2.03. The Morgan fingerprint density at radius 2 is 1.73 bits per heavy atom. The number of hydrogen-bond donors (Lipinski definition) is 1. The van der Waals surface area contributed by atoms with Gasteiger partial charge < -0.3 is 4.98 Å². The molecule has 1 N–H and O–H groups in total. The minimum Gasteiger partial charge on any atom is -0.360 e. The van der Waals surface area contributed by atoms with E-state index in [-0.39, 0.29) is 0 Å². The van der Waals surface area contributed by atoms with Crippen molar-refractivity contribution in [3.63, 3.8) is 0 Å². The van der Waals surface area contributed by atoms with Gasteiger partial charge in [-0.15, -0.1) is 0 Å². The molecule has 4 aromatic rings. The Kier molecular flexibility index (Phi) is 2.82. The van der Waals surface area contributed by atoms with E-state index >= 15 is 0 Å². The summed E-state index contributed by atoms with van der Waals surface area (Å²) in [6.45, 7) is 2.09. The van der Waals surface area contributed by atoms with Gasteiger partial charge in [-0.05, 0) is 18.6 Å². The first-order valence-electron chi connectivity index (χ1n) is 7.27. The molecule has 22 heavy (non-hydrogen) atoms. The summed E-state index contributed by atoms with van der Waals surface area (Å²) in [4.78, 5) is 8.04. The van der Waals surface area contributed by atoms with E-state index in [1.807, 2.05) is 42.2 Å². The summed E-state index contributed by atoms with van der Waals surface area (Å²) < 4.78 is 1.85. The molecular weight excluding hydrogens is 272 g/mol. The molecule has 0 bridgehead atoms. The number of H-pyrrole nitrogens is 1. The molecule has 0 unspecified atom stereocenters. The fourth-order valence-electron chi connectivity index (χ4n) is 2.81. The molecule has 4 rings (SSSR count). The Balaban J connectivity index is 1.89. The normalized spacial score (nSPS) is 11.2. The Hall–Kier alpha value is -2.88. The van der Waals surface area contributed by atoms with E-state index in [0.717, 1.165) is 33.7 Å². The van der Waals surface area contributed by atoms with Gasteiger partial charge in [0.2, 0.25) is 0 Å². The second-order valence-corrected chi connectivity index (χ2v) is 5.45. The second kappa shape index (κ2) is 4.84. The van der Waals surface area contributed by atoms with Crippen LogP contribution in [0, 0.1) is 6.92 Å². The van der Waals surface area contributed by atoms with Crippen LogP contribution in [0.2, 0.25) is 0 Å². The zero-order valence-electron chi connectivity index (χ0n) is 12.5. The van der Waals surface area contributed by atoms with Gasteiger partial charge >= 0.3 is 0 Å². The molecule has 2 heterocycles. The number of nitrogens with one attached hydrogen (secondary N) is 1. The maximum atomic E-state index is 4.77. The van der Waals surface area contributed by atoms with Crippen LogP contribution < -0.4 is 0 Å². The van der Waals surface area contributed by atoms with E-state index in [1.165, 1.54) is 5.56 Å². The fourth-order valence-corrected chi connectivity index (χ4v) is 2.81. The summed E-state index contributed by atoms with van der Waals surface area (Å²) in [5.74, 6) is 1.64. The maximum absolute atomic E-state index is 4.77. The van der Waals surface area contributed by atoms with Crippen molar-refractivity contribution in [1.82, 2.24) is 19.7 Å². The summed E-state index contributed by atoms with van der Waals surface area (Å²) in [6, 6.07) is 16.4. The molecule has 0 radical (unpaired) electrons. The fraction of sp³-hybridized carbons (Fsp3) is 0.111. The third-order valence-corrected chi connectivity index (χ3v) is 3.98. The van der Waals surface area contributed by atoms with Crippen LogP contribution in [-0.2, 0) is 7.05 Å². The van der Waals surface area contributed by atoms with E-state index < -0.39 is 0 Å². The van der Waals surface area contributed by atoms with Crippen LogP contribution in [0.3, 0.4) is 0 Å². The lowest BCUT2D eigenvalue weighted by atomic mass is 10.1. The SMILES string of the molecule is Cc1ccccc1-c1nc(-c2c[nH]c3ccccc23)nn1C. The molecule has 108 valence electrons. The lowest BCUT2D eigenvalue weighted by molar-refractivity contribution is 0.777. The summed E-state index contributed by atoms with van der Waals surface area (Å²) in [5, 5.41) is 5.75. The molecule has 0 saturated carbocycles. The van der Waals surface area contributed by atoms with Crippen molar-refractivity contribution >= 4 is 10.9 Å². The summed E-state index contributed by atoms with van der Waals surface area (Å²) in [5.41, 5.74) is 4.44. The zero-order chi connectivity index (χ0) is 15.1. The Labute approximate surface area is 128 Å². The van der Waals surface area contributed by atoms with Gasteiger partial charge in [0.25, 0.3) is 0 Å². The highest BCUT2D eigenvalue weighted by Crippen LogP contribution is 2.29. The minimum absolute atomic E-state index is 0.748. The van der Waals surface area contributed by atoms with Crippen LogP contribution in [0.15, 0.2) is 54.7 Å². The van der Waals surface area contributed by atoms with Gasteiger partial charge in [-0.25, -0.2) is 9.67 Å². The van der Waals surface area contributed by atoms with Crippen LogP contribution in [0.25, 0.3) is 33.7 Å². The van der Waals surface area contributed by atoms with Crippen LogP contribution in [0.1, 0.15) is 5.56 Å². The number of aromatic nitrogens is 4. The quantitative estimate of drug-likeness (QED) is 0.607. The summed E-state index contributed by atoms with van der Waals surface area (Å²) in [7, 11) is 1.94. The number of rotatable bonds is 2. The monoisotopic (exact) mass is 288 g/mol. The molecule has 2 aromatic carbocycles. The number of benzene rings is 2. The first-order chi connectivity index (χ1) is 10.7. The number of aryl methyl sites for hydroxylation is 2. The number of nitrogens with zero attached hydrogens (tertiary/aromatic N) is 3. The lowest BCUT2D eigenvalue weighted by Crippen LogP contribution is -1.95. The van der Waals surface area contributed by atoms with Crippen molar-refractivity contribution in [2.45, 2.75) is 6.92 Å². The Morgan fingerprint density at radius 3 is 2.59 bits per heavy atom. The average Bonchev–Trinajstić information content (AvgIpc) is 3.11. The van der Waals surface area contributed by atoms with Gasteiger partial charge in [0.1, 0.15) is 0 Å². The smallest absolute Gasteiger partial charge is 0.183 e. The van der Waals surface area contributed by atoms with Crippen LogP contribution in [0.5, 0.6) is 0 Å². The predicted molar refractivity (Wildman–Crippen MR) is 88.5 cm³/mol. The molecule has 0 spiro atoms. The van der Waals surface area contributed by atoms with Crippen molar-refractivity contribution in [2.75, 3.05) is 0 Å². The molecule has 0 aliphatic heterocycles. The maximum Gasteiger partial charge on any atom is 0.183 e. The molecule has 0 aliphatic carbocycles. The molecule has 0 saturated heterocycles. The molecule has 4 nitrogen and oxygen atoms in total. The van der Waals surface area contributed by atoms with Gasteiger partial charge in [0.05, 0.1) is 0 Å². The highest BCUT2D eigenvalue weighted by molar-refractivity contribution is 5.93. The number of para-hydroxylation sites is 1. The molecule has 0 aliphatic rings. The van der Waals surface area contributed by atoms with E-state index in [2.05, 4.69) is 41.3 Å². The number of aromatic amines is 1. The first-order valence-corrected chi connectivity index (χ1v) is 7.27. The predicted octanol–water partition coefficient (Wildman–Crippen LogP) is 3.94. The first kappa shape index (κ1) is 12.8. The molecule has 2 aromatic heterocycles. The summed E-state index contributed by atoms with van der Waals surface area (Å²) in [6.07, 6.45) is 1.97. The molecular formula is C18H16N4. The topological polar surface area (TPSA) is 46.5 Å². The van der Waals surface area contributed by atoms with Gasteiger partial charge in [-0.2, -0.15) is 5.10 Å². The van der Waals surface area contributed by atoms with Crippen molar-refractivity contribution in [3.8, 4) is 22.8 Å².